The van der Waals surface area contributed by atoms with E-state index in [9.17, 15) is 18.0 Å². The van der Waals surface area contributed by atoms with E-state index in [0.717, 1.165) is 6.08 Å². The lowest BCUT2D eigenvalue weighted by Crippen LogP contribution is -2.21. The van der Waals surface area contributed by atoms with Crippen LogP contribution in [0.25, 0.3) is 22.6 Å². The Balaban J connectivity index is 1.97. The Labute approximate surface area is 151 Å². The molecule has 0 fully saturated rings. The van der Waals surface area contributed by atoms with Crippen molar-refractivity contribution in [3.63, 3.8) is 0 Å². The van der Waals surface area contributed by atoms with Gasteiger partial charge in [-0.3, -0.25) is 4.79 Å². The fourth-order valence-corrected chi connectivity index (χ4v) is 2.37. The number of carbonyl (C=O) groups is 1. The van der Waals surface area contributed by atoms with Gasteiger partial charge in [0.25, 0.3) is 0 Å². The van der Waals surface area contributed by atoms with Gasteiger partial charge in [0.2, 0.25) is 5.91 Å². The summed E-state index contributed by atoms with van der Waals surface area (Å²) in [5, 5.41) is 2.62. The van der Waals surface area contributed by atoms with Crippen molar-refractivity contribution in [2.45, 2.75) is 12.9 Å². The van der Waals surface area contributed by atoms with Gasteiger partial charge in [0, 0.05) is 12.6 Å². The van der Waals surface area contributed by atoms with Gasteiger partial charge in [0.15, 0.2) is 11.5 Å². The number of nitrogens with zero attached hydrogens (tertiary/aromatic N) is 4. The van der Waals surface area contributed by atoms with Crippen LogP contribution >= 0.6 is 0 Å². The van der Waals surface area contributed by atoms with Crippen molar-refractivity contribution >= 4 is 17.1 Å². The number of benzene rings is 1. The Kier molecular flexibility index (Phi) is 4.80. The van der Waals surface area contributed by atoms with Crippen LogP contribution in [0.3, 0.4) is 0 Å². The summed E-state index contributed by atoms with van der Waals surface area (Å²) < 4.78 is 42.4. The molecule has 2 heterocycles. The van der Waals surface area contributed by atoms with Crippen LogP contribution in [-0.4, -0.2) is 31.8 Å². The molecule has 0 unspecified atom stereocenters. The van der Waals surface area contributed by atoms with E-state index in [4.69, 9.17) is 0 Å². The van der Waals surface area contributed by atoms with E-state index in [-0.39, 0.29) is 24.0 Å². The molecule has 7 nitrogen and oxygen atoms in total. The number of nitrogens with one attached hydrogen (secondary N) is 1. The normalized spacial score (nSPS) is 11.4. The third-order valence-corrected chi connectivity index (χ3v) is 3.59. The fourth-order valence-electron chi connectivity index (χ4n) is 2.37. The number of amides is 1. The molecule has 1 amide bonds. The first-order valence-electron chi connectivity index (χ1n) is 7.71. The van der Waals surface area contributed by atoms with E-state index in [2.05, 4.69) is 31.6 Å². The predicted octanol–water partition coefficient (Wildman–Crippen LogP) is 2.73. The van der Waals surface area contributed by atoms with Gasteiger partial charge in [-0.15, -0.1) is 13.2 Å². The summed E-state index contributed by atoms with van der Waals surface area (Å²) in [6.07, 6.45) is -2.07. The highest BCUT2D eigenvalue weighted by Crippen LogP contribution is 2.26. The maximum absolute atomic E-state index is 12.3. The van der Waals surface area contributed by atoms with Crippen LogP contribution in [-0.2, 0) is 18.4 Å². The van der Waals surface area contributed by atoms with Gasteiger partial charge < -0.3 is 14.6 Å². The molecule has 0 bridgehead atoms. The predicted molar refractivity (Wildman–Crippen MR) is 90.5 cm³/mol. The summed E-state index contributed by atoms with van der Waals surface area (Å²) in [4.78, 5) is 24.5. The van der Waals surface area contributed by atoms with E-state index < -0.39 is 6.36 Å². The topological polar surface area (TPSA) is 81.9 Å². The number of alkyl halides is 3. The van der Waals surface area contributed by atoms with E-state index in [1.165, 1.54) is 24.3 Å². The van der Waals surface area contributed by atoms with Crippen LogP contribution in [0.2, 0.25) is 0 Å². The molecule has 0 atom stereocenters. The maximum Gasteiger partial charge on any atom is 0.573 e. The number of hydrogen-bond acceptors (Lipinski definition) is 5. The molecule has 3 aromatic rings. The summed E-state index contributed by atoms with van der Waals surface area (Å²) in [6, 6.07) is 5.20. The molecule has 0 spiro atoms. The highest BCUT2D eigenvalue weighted by atomic mass is 19.4. The number of aryl methyl sites for hydroxylation is 1. The molecular weight excluding hydrogens is 363 g/mol. The second kappa shape index (κ2) is 7.06. The molecule has 0 saturated heterocycles. The van der Waals surface area contributed by atoms with Crippen molar-refractivity contribution in [2.24, 2.45) is 7.05 Å². The highest BCUT2D eigenvalue weighted by Gasteiger charge is 2.31. The van der Waals surface area contributed by atoms with Gasteiger partial charge in [0.05, 0.1) is 18.6 Å². The largest absolute Gasteiger partial charge is 0.573 e. The summed E-state index contributed by atoms with van der Waals surface area (Å²) in [7, 11) is 1.75. The summed E-state index contributed by atoms with van der Waals surface area (Å²) in [5.74, 6) is -0.424. The third kappa shape index (κ3) is 4.22. The Morgan fingerprint density at radius 1 is 1.30 bits per heavy atom. The van der Waals surface area contributed by atoms with Gasteiger partial charge in [-0.2, -0.15) is 0 Å². The lowest BCUT2D eigenvalue weighted by atomic mass is 10.2. The van der Waals surface area contributed by atoms with Crippen molar-refractivity contribution in [3.8, 4) is 17.1 Å². The first-order chi connectivity index (χ1) is 12.8. The number of rotatable bonds is 5. The minimum Gasteiger partial charge on any atom is -0.406 e. The maximum atomic E-state index is 12.3. The van der Waals surface area contributed by atoms with Crippen LogP contribution < -0.4 is 10.1 Å². The summed E-state index contributed by atoms with van der Waals surface area (Å²) in [6.45, 7) is 3.48. The van der Waals surface area contributed by atoms with Crippen molar-refractivity contribution in [1.82, 2.24) is 24.8 Å². The first kappa shape index (κ1) is 18.4. The van der Waals surface area contributed by atoms with Crippen LogP contribution in [0.5, 0.6) is 5.75 Å². The zero-order chi connectivity index (χ0) is 19.6. The van der Waals surface area contributed by atoms with Gasteiger partial charge in [-0.1, -0.05) is 6.58 Å². The molecule has 0 aliphatic carbocycles. The summed E-state index contributed by atoms with van der Waals surface area (Å²) >= 11 is 0. The summed E-state index contributed by atoms with van der Waals surface area (Å²) in [5.41, 5.74) is 2.01. The smallest absolute Gasteiger partial charge is 0.406 e. The monoisotopic (exact) mass is 377 g/mol. The van der Waals surface area contributed by atoms with E-state index in [0.29, 0.717) is 22.4 Å². The van der Waals surface area contributed by atoms with Crippen LogP contribution in [0.4, 0.5) is 13.2 Å². The number of carbonyl (C=O) groups excluding carboxylic acids is 1. The SMILES string of the molecule is C=CC(=O)NCc1nc(-c2ccc(OC(F)(F)F)cc2)nc2c1ncn2C. The second-order valence-electron chi connectivity index (χ2n) is 5.52. The first-order valence-corrected chi connectivity index (χ1v) is 7.71. The Bertz CT molecular complexity index is 996. The van der Waals surface area contributed by atoms with Crippen LogP contribution in [0, 0.1) is 0 Å². The lowest BCUT2D eigenvalue weighted by Gasteiger charge is -2.10. The average molecular weight is 377 g/mol. The molecular formula is C17H14F3N5O2. The van der Waals surface area contributed by atoms with Gasteiger partial charge in [-0.05, 0) is 30.3 Å². The zero-order valence-corrected chi connectivity index (χ0v) is 14.1. The number of aromatic nitrogens is 4. The van der Waals surface area contributed by atoms with E-state index in [1.54, 1.807) is 17.9 Å². The molecule has 10 heteroatoms. The van der Waals surface area contributed by atoms with Gasteiger partial charge in [0.1, 0.15) is 11.3 Å². The molecule has 0 saturated carbocycles. The number of fused-ring (bicyclic) bond motifs is 1. The van der Waals surface area contributed by atoms with Gasteiger partial charge in [-0.25, -0.2) is 15.0 Å². The Morgan fingerprint density at radius 3 is 2.63 bits per heavy atom. The average Bonchev–Trinajstić information content (AvgIpc) is 3.00. The molecule has 3 rings (SSSR count). The Hall–Kier alpha value is -3.43. The van der Waals surface area contributed by atoms with Gasteiger partial charge >= 0.3 is 6.36 Å². The molecule has 0 aliphatic heterocycles. The van der Waals surface area contributed by atoms with Crippen molar-refractivity contribution in [2.75, 3.05) is 0 Å². The molecule has 27 heavy (non-hydrogen) atoms. The minimum atomic E-state index is -4.76. The number of ether oxygens (including phenoxy) is 1. The standard InChI is InChI=1S/C17H14F3N5O2/c1-3-13(26)21-8-12-14-16(25(2)9-22-14)24-15(23-12)10-4-6-11(7-5-10)27-17(18,19)20/h3-7,9H,1,8H2,2H3,(H,21,26). The fraction of sp³-hybridized carbons (Fsp3) is 0.176. The van der Waals surface area contributed by atoms with Crippen LogP contribution in [0.1, 0.15) is 5.69 Å². The number of hydrogen-bond donors (Lipinski definition) is 1. The van der Waals surface area contributed by atoms with E-state index >= 15 is 0 Å². The van der Waals surface area contributed by atoms with Crippen LogP contribution in [0.15, 0.2) is 43.2 Å². The molecule has 140 valence electrons. The zero-order valence-electron chi connectivity index (χ0n) is 14.1. The lowest BCUT2D eigenvalue weighted by molar-refractivity contribution is -0.274. The molecule has 1 aromatic carbocycles. The molecule has 1 N–H and O–H groups in total. The second-order valence-corrected chi connectivity index (χ2v) is 5.52. The third-order valence-electron chi connectivity index (χ3n) is 3.59. The minimum absolute atomic E-state index is 0.100. The van der Waals surface area contributed by atoms with Crippen molar-refractivity contribution in [3.05, 3.63) is 48.9 Å². The highest BCUT2D eigenvalue weighted by molar-refractivity contribution is 5.87. The van der Waals surface area contributed by atoms with E-state index in [1.807, 2.05) is 0 Å². The molecule has 0 aliphatic rings. The number of imidazole rings is 1. The van der Waals surface area contributed by atoms with Crippen molar-refractivity contribution < 1.29 is 22.7 Å². The molecule has 0 radical (unpaired) electrons. The van der Waals surface area contributed by atoms with Crippen molar-refractivity contribution in [1.29, 1.82) is 0 Å². The molecule has 2 aromatic heterocycles. The quantitative estimate of drug-likeness (QED) is 0.692. The Morgan fingerprint density at radius 2 is 2.00 bits per heavy atom. The number of halogens is 3.